The second kappa shape index (κ2) is 6.98. The molecule has 20 heavy (non-hydrogen) atoms. The van der Waals surface area contributed by atoms with Crippen LogP contribution in [0.5, 0.6) is 11.5 Å². The van der Waals surface area contributed by atoms with Crippen LogP contribution < -0.4 is 10.1 Å². The molecule has 1 aromatic rings. The van der Waals surface area contributed by atoms with Gasteiger partial charge in [-0.3, -0.25) is 0 Å². The lowest BCUT2D eigenvalue weighted by atomic mass is 9.95. The maximum Gasteiger partial charge on any atom is 0.120 e. The van der Waals surface area contributed by atoms with Crippen molar-refractivity contribution < 1.29 is 9.84 Å². The largest absolute Gasteiger partial charge is 0.508 e. The minimum absolute atomic E-state index is 0.135. The van der Waals surface area contributed by atoms with Gasteiger partial charge in [-0.1, -0.05) is 26.2 Å². The molecule has 3 atom stereocenters. The summed E-state index contributed by atoms with van der Waals surface area (Å²) in [5, 5.41) is 13.8. The van der Waals surface area contributed by atoms with Crippen LogP contribution in [0.25, 0.3) is 0 Å². The van der Waals surface area contributed by atoms with Crippen molar-refractivity contribution in [2.75, 3.05) is 7.11 Å². The van der Waals surface area contributed by atoms with E-state index in [0.717, 1.165) is 11.3 Å². The van der Waals surface area contributed by atoms with Crippen LogP contribution in [0.15, 0.2) is 18.2 Å². The van der Waals surface area contributed by atoms with E-state index >= 15 is 0 Å². The van der Waals surface area contributed by atoms with E-state index in [0.29, 0.717) is 17.7 Å². The molecule has 0 amide bonds. The first kappa shape index (κ1) is 15.2. The summed E-state index contributed by atoms with van der Waals surface area (Å²) in [7, 11) is 1.65. The number of methoxy groups -OCH3 is 1. The number of aromatic hydroxyl groups is 1. The third-order valence-corrected chi connectivity index (χ3v) is 4.53. The number of ether oxygens (including phenoxy) is 1. The molecule has 1 saturated carbocycles. The number of phenols is 1. The van der Waals surface area contributed by atoms with Crippen LogP contribution in [-0.4, -0.2) is 18.3 Å². The van der Waals surface area contributed by atoms with Gasteiger partial charge in [-0.05, 0) is 43.9 Å². The van der Waals surface area contributed by atoms with E-state index in [4.69, 9.17) is 4.74 Å². The first-order valence-corrected chi connectivity index (χ1v) is 7.74. The van der Waals surface area contributed by atoms with Crippen molar-refractivity contribution in [2.24, 2.45) is 5.92 Å². The zero-order valence-electron chi connectivity index (χ0n) is 12.9. The summed E-state index contributed by atoms with van der Waals surface area (Å²) in [6.07, 6.45) is 6.53. The zero-order chi connectivity index (χ0) is 14.5. The van der Waals surface area contributed by atoms with E-state index in [9.17, 15) is 5.11 Å². The van der Waals surface area contributed by atoms with Crippen molar-refractivity contribution in [1.29, 1.82) is 0 Å². The molecule has 3 unspecified atom stereocenters. The quantitative estimate of drug-likeness (QED) is 0.817. The summed E-state index contributed by atoms with van der Waals surface area (Å²) in [6.45, 7) is 4.45. The molecule has 0 radical (unpaired) electrons. The Bertz CT molecular complexity index is 433. The summed E-state index contributed by atoms with van der Waals surface area (Å²) in [5.41, 5.74) is 0.917. The van der Waals surface area contributed by atoms with Crippen LogP contribution in [0.2, 0.25) is 0 Å². The summed E-state index contributed by atoms with van der Waals surface area (Å²) < 4.78 is 5.25. The van der Waals surface area contributed by atoms with Crippen LogP contribution in [0.4, 0.5) is 0 Å². The Labute approximate surface area is 122 Å². The van der Waals surface area contributed by atoms with Gasteiger partial charge in [0.15, 0.2) is 0 Å². The van der Waals surface area contributed by atoms with Crippen LogP contribution >= 0.6 is 0 Å². The number of benzene rings is 1. The zero-order valence-corrected chi connectivity index (χ0v) is 12.9. The highest BCUT2D eigenvalue weighted by atomic mass is 16.5. The molecule has 0 aromatic heterocycles. The van der Waals surface area contributed by atoms with E-state index in [-0.39, 0.29) is 6.04 Å². The smallest absolute Gasteiger partial charge is 0.120 e. The van der Waals surface area contributed by atoms with Gasteiger partial charge in [0.05, 0.1) is 7.11 Å². The average Bonchev–Trinajstić information content (AvgIpc) is 2.64. The molecule has 0 saturated heterocycles. The monoisotopic (exact) mass is 277 g/mol. The Morgan fingerprint density at radius 3 is 2.75 bits per heavy atom. The van der Waals surface area contributed by atoms with Gasteiger partial charge in [-0.2, -0.15) is 0 Å². The van der Waals surface area contributed by atoms with Crippen LogP contribution in [0.3, 0.4) is 0 Å². The van der Waals surface area contributed by atoms with Crippen molar-refractivity contribution >= 4 is 0 Å². The molecule has 1 aliphatic carbocycles. The molecule has 0 heterocycles. The fourth-order valence-corrected chi connectivity index (χ4v) is 3.16. The van der Waals surface area contributed by atoms with E-state index < -0.39 is 0 Å². The summed E-state index contributed by atoms with van der Waals surface area (Å²) in [6, 6.07) is 6.10. The molecular formula is C17H27NO2. The van der Waals surface area contributed by atoms with Crippen LogP contribution in [0, 0.1) is 5.92 Å². The Balaban J connectivity index is 2.08. The van der Waals surface area contributed by atoms with Crippen molar-refractivity contribution in [1.82, 2.24) is 5.32 Å². The fourth-order valence-electron chi connectivity index (χ4n) is 3.16. The highest BCUT2D eigenvalue weighted by Gasteiger charge is 2.22. The van der Waals surface area contributed by atoms with E-state index in [2.05, 4.69) is 19.2 Å². The molecule has 0 spiro atoms. The highest BCUT2D eigenvalue weighted by Crippen LogP contribution is 2.31. The second-order valence-corrected chi connectivity index (χ2v) is 6.03. The Kier molecular flexibility index (Phi) is 5.30. The Morgan fingerprint density at radius 1 is 1.25 bits per heavy atom. The molecular weight excluding hydrogens is 250 g/mol. The number of rotatable bonds is 4. The molecule has 112 valence electrons. The van der Waals surface area contributed by atoms with Gasteiger partial charge in [0.1, 0.15) is 11.5 Å². The van der Waals surface area contributed by atoms with Gasteiger partial charge in [-0.25, -0.2) is 0 Å². The third kappa shape index (κ3) is 3.66. The van der Waals surface area contributed by atoms with Crippen molar-refractivity contribution in [3.63, 3.8) is 0 Å². The average molecular weight is 277 g/mol. The van der Waals surface area contributed by atoms with Crippen molar-refractivity contribution in [3.05, 3.63) is 23.8 Å². The minimum Gasteiger partial charge on any atom is -0.508 e. The number of hydrogen-bond donors (Lipinski definition) is 2. The van der Waals surface area contributed by atoms with Gasteiger partial charge in [0.25, 0.3) is 0 Å². The van der Waals surface area contributed by atoms with E-state index in [1.165, 1.54) is 32.1 Å². The molecule has 0 bridgehead atoms. The maximum absolute atomic E-state index is 10.1. The molecule has 3 heteroatoms. The SMILES string of the molecule is COc1ccc(O)c(C(C)NC2CCCCCC2C)c1. The first-order valence-electron chi connectivity index (χ1n) is 7.74. The second-order valence-electron chi connectivity index (χ2n) is 6.03. The summed E-state index contributed by atoms with van der Waals surface area (Å²) in [4.78, 5) is 0. The molecule has 2 rings (SSSR count). The molecule has 1 fully saturated rings. The predicted octanol–water partition coefficient (Wildman–Crippen LogP) is 4.02. The standard InChI is InChI=1S/C17H27NO2/c1-12-7-5-4-6-8-16(12)18-13(2)15-11-14(20-3)9-10-17(15)19/h9-13,16,18-19H,4-8H2,1-3H3. The van der Waals surface area contributed by atoms with Crippen molar-refractivity contribution in [2.45, 2.75) is 58.0 Å². The lowest BCUT2D eigenvalue weighted by Crippen LogP contribution is -2.36. The molecule has 1 aromatic carbocycles. The maximum atomic E-state index is 10.1. The third-order valence-electron chi connectivity index (χ3n) is 4.53. The molecule has 2 N–H and O–H groups in total. The minimum atomic E-state index is 0.135. The lowest BCUT2D eigenvalue weighted by molar-refractivity contribution is 0.325. The van der Waals surface area contributed by atoms with Crippen molar-refractivity contribution in [3.8, 4) is 11.5 Å². The van der Waals surface area contributed by atoms with Gasteiger partial charge < -0.3 is 15.2 Å². The predicted molar refractivity (Wildman–Crippen MR) is 82.2 cm³/mol. The molecule has 0 aliphatic heterocycles. The fraction of sp³-hybridized carbons (Fsp3) is 0.647. The summed E-state index contributed by atoms with van der Waals surface area (Å²) in [5.74, 6) is 1.83. The molecule has 3 nitrogen and oxygen atoms in total. The Hall–Kier alpha value is -1.22. The normalized spacial score (nSPS) is 24.9. The van der Waals surface area contributed by atoms with Gasteiger partial charge >= 0.3 is 0 Å². The van der Waals surface area contributed by atoms with Crippen LogP contribution in [-0.2, 0) is 0 Å². The van der Waals surface area contributed by atoms with E-state index in [1.807, 2.05) is 6.07 Å². The number of nitrogens with one attached hydrogen (secondary N) is 1. The van der Waals surface area contributed by atoms with Gasteiger partial charge in [0, 0.05) is 17.6 Å². The van der Waals surface area contributed by atoms with Gasteiger partial charge in [-0.15, -0.1) is 0 Å². The highest BCUT2D eigenvalue weighted by molar-refractivity contribution is 5.41. The molecule has 1 aliphatic rings. The van der Waals surface area contributed by atoms with E-state index in [1.54, 1.807) is 19.2 Å². The Morgan fingerprint density at radius 2 is 2.00 bits per heavy atom. The first-order chi connectivity index (χ1) is 9.61. The number of hydrogen-bond acceptors (Lipinski definition) is 3. The number of phenolic OH excluding ortho intramolecular Hbond substituents is 1. The lowest BCUT2D eigenvalue weighted by Gasteiger charge is -2.27. The van der Waals surface area contributed by atoms with Gasteiger partial charge in [0.2, 0.25) is 0 Å². The topological polar surface area (TPSA) is 41.5 Å². The van der Waals surface area contributed by atoms with Crippen LogP contribution in [0.1, 0.15) is 57.6 Å². The summed E-state index contributed by atoms with van der Waals surface area (Å²) >= 11 is 0.